The number of hydrogen-bond acceptors (Lipinski definition) is 2. The molecule has 0 bridgehead atoms. The topological polar surface area (TPSA) is 49.4 Å². The smallest absolute Gasteiger partial charge is 0.226 e. The van der Waals surface area contributed by atoms with Gasteiger partial charge in [-0.1, -0.05) is 17.7 Å². The maximum atomic E-state index is 13.9. The SMILES string of the molecule is CC(=O)N(CCC(=O)Nc1ccc(C)cc1C)c1ccc(F)cc1F. The summed E-state index contributed by atoms with van der Waals surface area (Å²) in [5.41, 5.74) is 2.66. The van der Waals surface area contributed by atoms with Crippen molar-refractivity contribution in [2.24, 2.45) is 0 Å². The number of carbonyl (C=O) groups is 2. The number of anilines is 2. The molecular formula is C19H20F2N2O2. The lowest BCUT2D eigenvalue weighted by Crippen LogP contribution is -2.32. The summed E-state index contributed by atoms with van der Waals surface area (Å²) in [6, 6.07) is 8.62. The van der Waals surface area contributed by atoms with E-state index in [1.807, 2.05) is 32.0 Å². The summed E-state index contributed by atoms with van der Waals surface area (Å²) in [5, 5.41) is 2.78. The van der Waals surface area contributed by atoms with E-state index in [0.29, 0.717) is 11.8 Å². The predicted octanol–water partition coefficient (Wildman–Crippen LogP) is 3.96. The summed E-state index contributed by atoms with van der Waals surface area (Å²) in [4.78, 5) is 25.0. The molecule has 0 aliphatic heterocycles. The summed E-state index contributed by atoms with van der Waals surface area (Å²) in [6.07, 6.45) is -0.0102. The molecule has 6 heteroatoms. The molecule has 0 spiro atoms. The molecule has 0 aliphatic carbocycles. The molecule has 0 unspecified atom stereocenters. The highest BCUT2D eigenvalue weighted by Gasteiger charge is 2.18. The average Bonchev–Trinajstić information content (AvgIpc) is 2.52. The Kier molecular flexibility index (Phi) is 5.85. The lowest BCUT2D eigenvalue weighted by molar-refractivity contribution is -0.117. The minimum Gasteiger partial charge on any atom is -0.326 e. The Balaban J connectivity index is 2.05. The third kappa shape index (κ3) is 4.86. The first-order chi connectivity index (χ1) is 11.8. The number of halogens is 2. The van der Waals surface area contributed by atoms with E-state index in [4.69, 9.17) is 0 Å². The number of aryl methyl sites for hydroxylation is 2. The number of carbonyl (C=O) groups excluding carboxylic acids is 2. The zero-order valence-corrected chi connectivity index (χ0v) is 14.4. The van der Waals surface area contributed by atoms with E-state index in [1.165, 1.54) is 13.0 Å². The van der Waals surface area contributed by atoms with E-state index >= 15 is 0 Å². The van der Waals surface area contributed by atoms with Crippen LogP contribution in [0.2, 0.25) is 0 Å². The number of nitrogens with zero attached hydrogens (tertiary/aromatic N) is 1. The van der Waals surface area contributed by atoms with Crippen molar-refractivity contribution < 1.29 is 18.4 Å². The molecule has 0 aromatic heterocycles. The molecular weight excluding hydrogens is 326 g/mol. The fourth-order valence-corrected chi connectivity index (χ4v) is 2.53. The zero-order valence-electron chi connectivity index (χ0n) is 14.4. The van der Waals surface area contributed by atoms with Crippen LogP contribution >= 0.6 is 0 Å². The van der Waals surface area contributed by atoms with Gasteiger partial charge in [-0.2, -0.15) is 0 Å². The lowest BCUT2D eigenvalue weighted by Gasteiger charge is -2.21. The van der Waals surface area contributed by atoms with Crippen molar-refractivity contribution >= 4 is 23.2 Å². The van der Waals surface area contributed by atoms with Crippen LogP contribution in [0.1, 0.15) is 24.5 Å². The lowest BCUT2D eigenvalue weighted by atomic mass is 10.1. The molecule has 0 radical (unpaired) electrons. The van der Waals surface area contributed by atoms with Crippen LogP contribution in [0.25, 0.3) is 0 Å². The predicted molar refractivity (Wildman–Crippen MR) is 93.5 cm³/mol. The molecule has 2 aromatic rings. The Bertz CT molecular complexity index is 806. The van der Waals surface area contributed by atoms with Crippen LogP contribution in [0.5, 0.6) is 0 Å². The summed E-state index contributed by atoms with van der Waals surface area (Å²) in [6.45, 7) is 5.11. The molecule has 2 rings (SSSR count). The summed E-state index contributed by atoms with van der Waals surface area (Å²) >= 11 is 0. The van der Waals surface area contributed by atoms with Gasteiger partial charge in [-0.25, -0.2) is 8.78 Å². The fourth-order valence-electron chi connectivity index (χ4n) is 2.53. The van der Waals surface area contributed by atoms with E-state index in [2.05, 4.69) is 5.32 Å². The van der Waals surface area contributed by atoms with Crippen molar-refractivity contribution in [2.45, 2.75) is 27.2 Å². The molecule has 25 heavy (non-hydrogen) atoms. The second-order valence-electron chi connectivity index (χ2n) is 5.88. The molecule has 2 amide bonds. The van der Waals surface area contributed by atoms with E-state index < -0.39 is 17.5 Å². The van der Waals surface area contributed by atoms with Crippen molar-refractivity contribution in [1.82, 2.24) is 0 Å². The normalized spacial score (nSPS) is 10.4. The maximum absolute atomic E-state index is 13.9. The molecule has 0 heterocycles. The molecule has 4 nitrogen and oxygen atoms in total. The van der Waals surface area contributed by atoms with Crippen LogP contribution in [-0.2, 0) is 9.59 Å². The Hall–Kier alpha value is -2.76. The van der Waals surface area contributed by atoms with E-state index in [0.717, 1.165) is 22.1 Å². The first-order valence-corrected chi connectivity index (χ1v) is 7.88. The van der Waals surface area contributed by atoms with Crippen molar-refractivity contribution in [2.75, 3.05) is 16.8 Å². The molecule has 1 N–H and O–H groups in total. The van der Waals surface area contributed by atoms with E-state index in [1.54, 1.807) is 0 Å². The van der Waals surface area contributed by atoms with E-state index in [9.17, 15) is 18.4 Å². The second kappa shape index (κ2) is 7.88. The monoisotopic (exact) mass is 346 g/mol. The van der Waals surface area contributed by atoms with Crippen LogP contribution in [0.4, 0.5) is 20.2 Å². The minimum absolute atomic E-state index is 0.00533. The highest BCUT2D eigenvalue weighted by molar-refractivity contribution is 5.95. The number of rotatable bonds is 5. The van der Waals surface area contributed by atoms with Crippen molar-refractivity contribution in [3.8, 4) is 0 Å². The summed E-state index contributed by atoms with van der Waals surface area (Å²) in [7, 11) is 0. The Morgan fingerprint density at radius 2 is 1.80 bits per heavy atom. The van der Waals surface area contributed by atoms with Gasteiger partial charge in [-0.05, 0) is 37.6 Å². The minimum atomic E-state index is -0.843. The van der Waals surface area contributed by atoms with Gasteiger partial charge in [-0.15, -0.1) is 0 Å². The Labute approximate surface area is 145 Å². The van der Waals surface area contributed by atoms with Gasteiger partial charge >= 0.3 is 0 Å². The molecule has 0 fully saturated rings. The Morgan fingerprint density at radius 1 is 1.08 bits per heavy atom. The van der Waals surface area contributed by atoms with Gasteiger partial charge in [0, 0.05) is 31.6 Å². The van der Waals surface area contributed by atoms with Gasteiger partial charge in [0.1, 0.15) is 11.6 Å². The first kappa shape index (κ1) is 18.6. The number of amides is 2. The van der Waals surface area contributed by atoms with Crippen LogP contribution in [0, 0.1) is 25.5 Å². The highest BCUT2D eigenvalue weighted by atomic mass is 19.1. The van der Waals surface area contributed by atoms with Gasteiger partial charge in [0.2, 0.25) is 11.8 Å². The number of nitrogens with one attached hydrogen (secondary N) is 1. The van der Waals surface area contributed by atoms with Crippen LogP contribution < -0.4 is 10.2 Å². The van der Waals surface area contributed by atoms with Crippen molar-refractivity contribution in [3.05, 3.63) is 59.2 Å². The third-order valence-electron chi connectivity index (χ3n) is 3.80. The van der Waals surface area contributed by atoms with Gasteiger partial charge in [0.15, 0.2) is 0 Å². The number of hydrogen-bond donors (Lipinski definition) is 1. The summed E-state index contributed by atoms with van der Waals surface area (Å²) in [5.74, 6) is -2.28. The zero-order chi connectivity index (χ0) is 18.6. The van der Waals surface area contributed by atoms with Gasteiger partial charge in [0.05, 0.1) is 5.69 Å². The van der Waals surface area contributed by atoms with Crippen LogP contribution in [-0.4, -0.2) is 18.4 Å². The molecule has 0 atom stereocenters. The molecule has 0 saturated heterocycles. The standard InChI is InChI=1S/C19H20F2N2O2/c1-12-4-6-17(13(2)10-12)22-19(25)8-9-23(14(3)24)18-7-5-15(20)11-16(18)21/h4-7,10-11H,8-9H2,1-3H3,(H,22,25). The third-order valence-corrected chi connectivity index (χ3v) is 3.80. The molecule has 0 saturated carbocycles. The van der Waals surface area contributed by atoms with Crippen LogP contribution in [0.15, 0.2) is 36.4 Å². The largest absolute Gasteiger partial charge is 0.326 e. The van der Waals surface area contributed by atoms with Crippen LogP contribution in [0.3, 0.4) is 0 Å². The van der Waals surface area contributed by atoms with Crippen molar-refractivity contribution in [1.29, 1.82) is 0 Å². The number of benzene rings is 2. The Morgan fingerprint density at radius 3 is 2.40 bits per heavy atom. The average molecular weight is 346 g/mol. The summed E-state index contributed by atoms with van der Waals surface area (Å²) < 4.78 is 26.9. The molecule has 0 aliphatic rings. The quantitative estimate of drug-likeness (QED) is 0.891. The van der Waals surface area contributed by atoms with E-state index in [-0.39, 0.29) is 24.6 Å². The molecule has 132 valence electrons. The van der Waals surface area contributed by atoms with Gasteiger partial charge < -0.3 is 10.2 Å². The molecule has 2 aromatic carbocycles. The maximum Gasteiger partial charge on any atom is 0.226 e. The highest BCUT2D eigenvalue weighted by Crippen LogP contribution is 2.21. The van der Waals surface area contributed by atoms with Gasteiger partial charge in [-0.3, -0.25) is 9.59 Å². The fraction of sp³-hybridized carbons (Fsp3) is 0.263. The second-order valence-corrected chi connectivity index (χ2v) is 5.88. The van der Waals surface area contributed by atoms with Crippen molar-refractivity contribution in [3.63, 3.8) is 0 Å². The first-order valence-electron chi connectivity index (χ1n) is 7.88. The van der Waals surface area contributed by atoms with Gasteiger partial charge in [0.25, 0.3) is 0 Å².